The number of rotatable bonds is 2. The van der Waals surface area contributed by atoms with Gasteiger partial charge in [-0.2, -0.15) is 0 Å². The zero-order chi connectivity index (χ0) is 25.0. The highest BCUT2D eigenvalue weighted by molar-refractivity contribution is 5.30. The monoisotopic (exact) mass is 528 g/mol. The van der Waals surface area contributed by atoms with Crippen LogP contribution in [-0.2, 0) is 28.4 Å². The highest BCUT2D eigenvalue weighted by atomic mass is 16.6. The van der Waals surface area contributed by atoms with Crippen molar-refractivity contribution in [2.45, 2.75) is 101 Å². The largest absolute Gasteiger partial charge is 0.381 e. The van der Waals surface area contributed by atoms with Crippen molar-refractivity contribution >= 4 is 0 Å². The normalized spacial score (nSPS) is 59.4. The third-order valence-corrected chi connectivity index (χ3v) is 14.2. The molecule has 4 aliphatic heterocycles. The molecule has 6 nitrogen and oxygen atoms in total. The fourth-order valence-electron chi connectivity index (χ4n) is 13.1. The summed E-state index contributed by atoms with van der Waals surface area (Å²) in [5, 5.41) is 0. The first-order valence-corrected chi connectivity index (χ1v) is 16.4. The van der Waals surface area contributed by atoms with E-state index in [1.807, 2.05) is 0 Å². The van der Waals surface area contributed by atoms with Gasteiger partial charge in [0.1, 0.15) is 0 Å². The highest BCUT2D eigenvalue weighted by Crippen LogP contribution is 2.86. The van der Waals surface area contributed by atoms with E-state index in [-0.39, 0.29) is 21.7 Å². The molecule has 0 aromatic carbocycles. The predicted octanol–water partition coefficient (Wildman–Crippen LogP) is 4.77. The second-order valence-corrected chi connectivity index (χ2v) is 14.9. The van der Waals surface area contributed by atoms with E-state index in [0.717, 1.165) is 77.5 Å². The molecule has 4 heterocycles. The van der Waals surface area contributed by atoms with Crippen LogP contribution in [0.4, 0.5) is 0 Å². The molecule has 0 aromatic rings. The fourth-order valence-corrected chi connectivity index (χ4v) is 13.1. The number of fused-ring (bicyclic) bond motifs is 13. The van der Waals surface area contributed by atoms with Gasteiger partial charge >= 0.3 is 0 Å². The Hall–Kier alpha value is -0.240. The third-order valence-electron chi connectivity index (χ3n) is 14.2. The van der Waals surface area contributed by atoms with Gasteiger partial charge in [0.05, 0.1) is 50.8 Å². The van der Waals surface area contributed by atoms with Crippen molar-refractivity contribution < 1.29 is 28.4 Å². The molecule has 0 amide bonds. The van der Waals surface area contributed by atoms with E-state index in [1.165, 1.54) is 64.2 Å². The maximum absolute atomic E-state index is 6.76. The van der Waals surface area contributed by atoms with Crippen molar-refractivity contribution in [1.29, 1.82) is 0 Å². The fraction of sp³-hybridized carbons (Fsp3) is 1.00. The van der Waals surface area contributed by atoms with Crippen LogP contribution in [0.15, 0.2) is 0 Å². The van der Waals surface area contributed by atoms with Gasteiger partial charge in [-0.1, -0.05) is 6.42 Å². The Kier molecular flexibility index (Phi) is 5.54. The standard InChI is InChI=1S/C32H48O6/c1-4-22-21-5-11-31(16-21,29-9-6-25-27(37-25)23(29)17-33-12-2-14-35-19-29)32(22,8-1)30-10-7-26-28(38-26)24(30)18-34-13-3-15-36-20-30/h21-28H,1-20H2. The van der Waals surface area contributed by atoms with E-state index < -0.39 is 0 Å². The molecule has 4 saturated heterocycles. The molecule has 5 aliphatic carbocycles. The Morgan fingerprint density at radius 3 is 1.89 bits per heavy atom. The SMILES string of the molecule is C1COCC2C3OC3CCC2(C23CCC(C2)C2CCCC23C23CCC4OC4C2COCCCOC3)COC1. The summed E-state index contributed by atoms with van der Waals surface area (Å²) in [5.41, 5.74) is 0.849. The molecule has 12 unspecified atom stereocenters. The van der Waals surface area contributed by atoms with Crippen molar-refractivity contribution in [2.75, 3.05) is 52.9 Å². The van der Waals surface area contributed by atoms with Gasteiger partial charge in [-0.3, -0.25) is 0 Å². The molecular formula is C32H48O6. The Labute approximate surface area is 228 Å². The first-order chi connectivity index (χ1) is 18.7. The first-order valence-electron chi connectivity index (χ1n) is 16.4. The Balaban J connectivity index is 1.24. The quantitative estimate of drug-likeness (QED) is 0.481. The Morgan fingerprint density at radius 1 is 0.526 bits per heavy atom. The van der Waals surface area contributed by atoms with Crippen LogP contribution in [0.1, 0.15) is 77.0 Å². The molecule has 5 saturated carbocycles. The minimum absolute atomic E-state index is 0.142. The minimum atomic E-state index is 0.142. The molecule has 0 spiro atoms. The van der Waals surface area contributed by atoms with Crippen LogP contribution in [0.3, 0.4) is 0 Å². The summed E-state index contributed by atoms with van der Waals surface area (Å²) in [6.07, 6.45) is 17.0. The van der Waals surface area contributed by atoms with Gasteiger partial charge < -0.3 is 28.4 Å². The predicted molar refractivity (Wildman–Crippen MR) is 140 cm³/mol. The van der Waals surface area contributed by atoms with Gasteiger partial charge in [0.15, 0.2) is 0 Å². The molecule has 9 aliphatic rings. The van der Waals surface area contributed by atoms with E-state index in [2.05, 4.69) is 0 Å². The summed E-state index contributed by atoms with van der Waals surface area (Å²) < 4.78 is 39.3. The number of hydrogen-bond donors (Lipinski definition) is 0. The molecule has 6 heteroatoms. The van der Waals surface area contributed by atoms with Crippen LogP contribution in [0.25, 0.3) is 0 Å². The van der Waals surface area contributed by atoms with Crippen LogP contribution in [0.2, 0.25) is 0 Å². The van der Waals surface area contributed by atoms with Crippen molar-refractivity contribution in [3.8, 4) is 0 Å². The lowest BCUT2D eigenvalue weighted by Crippen LogP contribution is -2.68. The number of hydrogen-bond acceptors (Lipinski definition) is 6. The summed E-state index contributed by atoms with van der Waals surface area (Å²) in [6.45, 7) is 6.88. The lowest BCUT2D eigenvalue weighted by atomic mass is 9.35. The van der Waals surface area contributed by atoms with Gasteiger partial charge in [0.2, 0.25) is 0 Å². The average Bonchev–Trinajstić information content (AvgIpc) is 3.72. The molecule has 0 radical (unpaired) electrons. The second-order valence-electron chi connectivity index (χ2n) is 14.9. The van der Waals surface area contributed by atoms with E-state index in [9.17, 15) is 0 Å². The molecule has 9 fully saturated rings. The minimum Gasteiger partial charge on any atom is -0.381 e. The van der Waals surface area contributed by atoms with Gasteiger partial charge in [-0.15, -0.1) is 0 Å². The Bertz CT molecular complexity index is 943. The van der Waals surface area contributed by atoms with Crippen LogP contribution in [0, 0.1) is 45.3 Å². The first kappa shape index (κ1) is 24.4. The van der Waals surface area contributed by atoms with Gasteiger partial charge in [-0.25, -0.2) is 0 Å². The summed E-state index contributed by atoms with van der Waals surface area (Å²) >= 11 is 0. The van der Waals surface area contributed by atoms with E-state index in [0.29, 0.717) is 36.3 Å². The van der Waals surface area contributed by atoms with Crippen LogP contribution in [0.5, 0.6) is 0 Å². The molecule has 9 rings (SSSR count). The Morgan fingerprint density at radius 2 is 1.16 bits per heavy atom. The zero-order valence-electron chi connectivity index (χ0n) is 23.2. The summed E-state index contributed by atoms with van der Waals surface area (Å²) in [6, 6.07) is 0. The van der Waals surface area contributed by atoms with Crippen molar-refractivity contribution in [1.82, 2.24) is 0 Å². The second kappa shape index (κ2) is 8.64. The summed E-state index contributed by atoms with van der Waals surface area (Å²) in [7, 11) is 0. The highest BCUT2D eigenvalue weighted by Gasteiger charge is 2.83. The maximum Gasteiger partial charge on any atom is 0.0898 e. The van der Waals surface area contributed by atoms with Crippen LogP contribution >= 0.6 is 0 Å². The average molecular weight is 529 g/mol. The number of ether oxygens (including phenoxy) is 6. The van der Waals surface area contributed by atoms with Crippen molar-refractivity contribution in [2.24, 2.45) is 45.3 Å². The van der Waals surface area contributed by atoms with E-state index >= 15 is 0 Å². The molecule has 0 aromatic heterocycles. The molecule has 2 bridgehead atoms. The molecule has 0 N–H and O–H groups in total. The van der Waals surface area contributed by atoms with E-state index in [1.54, 1.807) is 0 Å². The molecule has 38 heavy (non-hydrogen) atoms. The van der Waals surface area contributed by atoms with Gasteiger partial charge in [0.25, 0.3) is 0 Å². The van der Waals surface area contributed by atoms with Gasteiger partial charge in [-0.05, 0) is 93.3 Å². The topological polar surface area (TPSA) is 62.0 Å². The lowest BCUT2D eigenvalue weighted by Gasteiger charge is -2.69. The van der Waals surface area contributed by atoms with Crippen molar-refractivity contribution in [3.63, 3.8) is 0 Å². The van der Waals surface area contributed by atoms with E-state index in [4.69, 9.17) is 28.4 Å². The van der Waals surface area contributed by atoms with Gasteiger partial charge in [0, 0.05) is 49.1 Å². The van der Waals surface area contributed by atoms with Crippen molar-refractivity contribution in [3.05, 3.63) is 0 Å². The lowest BCUT2D eigenvalue weighted by molar-refractivity contribution is -0.246. The summed E-state index contributed by atoms with van der Waals surface area (Å²) in [5.74, 6) is 2.61. The smallest absolute Gasteiger partial charge is 0.0898 e. The number of epoxide rings is 2. The van der Waals surface area contributed by atoms with Crippen LogP contribution in [-0.4, -0.2) is 77.3 Å². The van der Waals surface area contributed by atoms with Crippen LogP contribution < -0.4 is 0 Å². The summed E-state index contributed by atoms with van der Waals surface area (Å²) in [4.78, 5) is 0. The molecule has 212 valence electrons. The zero-order valence-corrected chi connectivity index (χ0v) is 23.2. The maximum atomic E-state index is 6.76. The molecule has 12 atom stereocenters. The molecular weight excluding hydrogens is 480 g/mol. The third kappa shape index (κ3) is 2.96.